The second kappa shape index (κ2) is 9.02. The highest BCUT2D eigenvalue weighted by Crippen LogP contribution is 2.40. The van der Waals surface area contributed by atoms with Crippen LogP contribution in [0.15, 0.2) is 42.7 Å². The number of hydrogen-bond donors (Lipinski definition) is 2. The van der Waals surface area contributed by atoms with Gasteiger partial charge in [-0.15, -0.1) is 0 Å². The van der Waals surface area contributed by atoms with E-state index < -0.39 is 0 Å². The minimum Gasteiger partial charge on any atom is -0.496 e. The van der Waals surface area contributed by atoms with Gasteiger partial charge in [0.25, 0.3) is 5.91 Å². The molecule has 0 spiro atoms. The topological polar surface area (TPSA) is 79.1 Å². The first kappa shape index (κ1) is 21.7. The van der Waals surface area contributed by atoms with Crippen molar-refractivity contribution in [3.8, 4) is 5.75 Å². The summed E-state index contributed by atoms with van der Waals surface area (Å²) in [5.74, 6) is 0.253. The Morgan fingerprint density at radius 2 is 2.00 bits per heavy atom. The SMILES string of the molecule is COc1ccc(F)cc1[C@H]1CCCN1c1ccn2ncc(C(=O)N[C@H]3CC[C@H](O)CC3)c2c1. The molecular weight excluding hydrogens is 423 g/mol. The summed E-state index contributed by atoms with van der Waals surface area (Å²) in [6, 6.07) is 8.67. The number of methoxy groups -OCH3 is 1. The molecule has 2 aliphatic rings. The van der Waals surface area contributed by atoms with E-state index >= 15 is 0 Å². The molecule has 1 amide bonds. The molecule has 3 aromatic rings. The minimum atomic E-state index is -0.280. The summed E-state index contributed by atoms with van der Waals surface area (Å²) < 4.78 is 21.3. The molecule has 2 N–H and O–H groups in total. The molecule has 2 fully saturated rings. The maximum absolute atomic E-state index is 14.0. The second-order valence-corrected chi connectivity index (χ2v) is 8.99. The molecule has 1 aromatic carbocycles. The number of aliphatic hydroxyl groups is 1. The average Bonchev–Trinajstić information content (AvgIpc) is 3.47. The number of pyridine rings is 1. The number of anilines is 1. The van der Waals surface area contributed by atoms with Crippen molar-refractivity contribution >= 4 is 17.1 Å². The lowest BCUT2D eigenvalue weighted by Gasteiger charge is -2.28. The number of amides is 1. The van der Waals surface area contributed by atoms with E-state index in [9.17, 15) is 14.3 Å². The van der Waals surface area contributed by atoms with Crippen LogP contribution in [0.5, 0.6) is 5.75 Å². The van der Waals surface area contributed by atoms with Crippen molar-refractivity contribution in [2.45, 2.75) is 56.7 Å². The molecule has 8 heteroatoms. The Kier molecular flexibility index (Phi) is 5.93. The fourth-order valence-electron chi connectivity index (χ4n) is 5.17. The molecule has 0 unspecified atom stereocenters. The van der Waals surface area contributed by atoms with Crippen molar-refractivity contribution in [2.75, 3.05) is 18.6 Å². The van der Waals surface area contributed by atoms with E-state index in [4.69, 9.17) is 4.74 Å². The number of aromatic nitrogens is 2. The van der Waals surface area contributed by atoms with Gasteiger partial charge in [-0.2, -0.15) is 5.10 Å². The molecule has 5 rings (SSSR count). The van der Waals surface area contributed by atoms with Gasteiger partial charge in [0, 0.05) is 30.0 Å². The quantitative estimate of drug-likeness (QED) is 0.615. The number of halogens is 1. The zero-order valence-corrected chi connectivity index (χ0v) is 18.7. The maximum Gasteiger partial charge on any atom is 0.255 e. The smallest absolute Gasteiger partial charge is 0.255 e. The maximum atomic E-state index is 14.0. The molecular formula is C25H29FN4O3. The van der Waals surface area contributed by atoms with Gasteiger partial charge in [0.15, 0.2) is 0 Å². The number of fused-ring (bicyclic) bond motifs is 1. The molecule has 3 heterocycles. The van der Waals surface area contributed by atoms with Crippen LogP contribution in [0, 0.1) is 5.82 Å². The van der Waals surface area contributed by atoms with Gasteiger partial charge < -0.3 is 20.1 Å². The number of hydrogen-bond acceptors (Lipinski definition) is 5. The third kappa shape index (κ3) is 4.27. The van der Waals surface area contributed by atoms with Crippen LogP contribution in [-0.4, -0.2) is 46.4 Å². The molecule has 174 valence electrons. The standard InChI is InChI=1S/C25H29FN4O3/c1-33-24-9-4-16(26)13-20(24)22-3-2-11-29(22)18-10-12-30-23(14-18)21(15-27-30)25(32)28-17-5-7-19(31)8-6-17/h4,9-10,12-15,17,19,22,31H,2-3,5-8,11H2,1H3,(H,28,32)/t17-,19-,22-/m1/s1. The first-order valence-corrected chi connectivity index (χ1v) is 11.6. The fourth-order valence-corrected chi connectivity index (χ4v) is 5.17. The number of ether oxygens (including phenoxy) is 1. The van der Waals surface area contributed by atoms with Gasteiger partial charge in [-0.1, -0.05) is 0 Å². The van der Waals surface area contributed by atoms with Crippen molar-refractivity contribution in [3.05, 3.63) is 59.7 Å². The van der Waals surface area contributed by atoms with E-state index in [1.165, 1.54) is 6.07 Å². The number of nitrogens with one attached hydrogen (secondary N) is 1. The molecule has 33 heavy (non-hydrogen) atoms. The number of benzene rings is 1. The van der Waals surface area contributed by atoms with Gasteiger partial charge >= 0.3 is 0 Å². The first-order valence-electron chi connectivity index (χ1n) is 11.6. The number of aliphatic hydroxyl groups excluding tert-OH is 1. The van der Waals surface area contributed by atoms with Gasteiger partial charge in [-0.25, -0.2) is 8.91 Å². The zero-order valence-electron chi connectivity index (χ0n) is 18.7. The van der Waals surface area contributed by atoms with Gasteiger partial charge in [0.2, 0.25) is 0 Å². The number of rotatable bonds is 5. The highest BCUT2D eigenvalue weighted by Gasteiger charge is 2.30. The highest BCUT2D eigenvalue weighted by atomic mass is 19.1. The number of carbonyl (C=O) groups excluding carboxylic acids is 1. The van der Waals surface area contributed by atoms with Crippen LogP contribution in [0.3, 0.4) is 0 Å². The Labute approximate surface area is 192 Å². The molecule has 7 nitrogen and oxygen atoms in total. The summed E-state index contributed by atoms with van der Waals surface area (Å²) in [5.41, 5.74) is 3.06. The van der Waals surface area contributed by atoms with E-state index in [0.717, 1.165) is 49.0 Å². The molecule has 1 aliphatic heterocycles. The summed E-state index contributed by atoms with van der Waals surface area (Å²) in [5, 5.41) is 17.2. The Morgan fingerprint density at radius 1 is 1.18 bits per heavy atom. The van der Waals surface area contributed by atoms with Crippen molar-refractivity contribution in [1.29, 1.82) is 0 Å². The van der Waals surface area contributed by atoms with Crippen molar-refractivity contribution in [3.63, 3.8) is 0 Å². The fraction of sp³-hybridized carbons (Fsp3) is 0.440. The lowest BCUT2D eigenvalue weighted by molar-refractivity contribution is 0.0869. The van der Waals surface area contributed by atoms with Crippen LogP contribution in [0.2, 0.25) is 0 Å². The predicted molar refractivity (Wildman–Crippen MR) is 123 cm³/mol. The Balaban J connectivity index is 1.42. The van der Waals surface area contributed by atoms with Crippen LogP contribution in [0.1, 0.15) is 60.5 Å². The normalized spacial score (nSPS) is 23.1. The second-order valence-electron chi connectivity index (χ2n) is 8.99. The van der Waals surface area contributed by atoms with E-state index in [1.807, 2.05) is 18.3 Å². The first-order chi connectivity index (χ1) is 16.0. The lowest BCUT2D eigenvalue weighted by Crippen LogP contribution is -2.38. The largest absolute Gasteiger partial charge is 0.496 e. The Morgan fingerprint density at radius 3 is 2.79 bits per heavy atom. The van der Waals surface area contributed by atoms with E-state index in [1.54, 1.807) is 30.0 Å². The van der Waals surface area contributed by atoms with Crippen molar-refractivity contribution in [2.24, 2.45) is 0 Å². The number of carbonyl (C=O) groups is 1. The number of nitrogens with zero attached hydrogens (tertiary/aromatic N) is 3. The summed E-state index contributed by atoms with van der Waals surface area (Å²) in [4.78, 5) is 15.3. The third-order valence-electron chi connectivity index (χ3n) is 6.92. The summed E-state index contributed by atoms with van der Waals surface area (Å²) in [6.07, 6.45) is 8.06. The lowest BCUT2D eigenvalue weighted by atomic mass is 9.93. The van der Waals surface area contributed by atoms with Gasteiger partial charge in [-0.05, 0) is 68.9 Å². The van der Waals surface area contributed by atoms with Crippen LogP contribution in [-0.2, 0) is 0 Å². The summed E-state index contributed by atoms with van der Waals surface area (Å²) in [7, 11) is 1.60. The molecule has 2 aromatic heterocycles. The Bertz CT molecular complexity index is 1160. The van der Waals surface area contributed by atoms with E-state index in [-0.39, 0.29) is 29.9 Å². The molecule has 0 radical (unpaired) electrons. The molecule has 1 aliphatic carbocycles. The minimum absolute atomic E-state index is 0.00744. The molecule has 1 saturated carbocycles. The van der Waals surface area contributed by atoms with Crippen LogP contribution in [0.25, 0.3) is 5.52 Å². The van der Waals surface area contributed by atoms with Crippen LogP contribution >= 0.6 is 0 Å². The molecule has 1 saturated heterocycles. The van der Waals surface area contributed by atoms with E-state index in [0.29, 0.717) is 24.2 Å². The summed E-state index contributed by atoms with van der Waals surface area (Å²) >= 11 is 0. The van der Waals surface area contributed by atoms with Gasteiger partial charge in [-0.3, -0.25) is 4.79 Å². The monoisotopic (exact) mass is 452 g/mol. The van der Waals surface area contributed by atoms with Gasteiger partial charge in [0.05, 0.1) is 36.5 Å². The van der Waals surface area contributed by atoms with E-state index in [2.05, 4.69) is 15.3 Å². The van der Waals surface area contributed by atoms with Crippen LogP contribution < -0.4 is 15.0 Å². The Hall–Kier alpha value is -3.13. The van der Waals surface area contributed by atoms with Crippen molar-refractivity contribution in [1.82, 2.24) is 14.9 Å². The summed E-state index contributed by atoms with van der Waals surface area (Å²) in [6.45, 7) is 0.834. The van der Waals surface area contributed by atoms with Crippen LogP contribution in [0.4, 0.5) is 10.1 Å². The molecule has 1 atom stereocenters. The highest BCUT2D eigenvalue weighted by molar-refractivity contribution is 6.01. The van der Waals surface area contributed by atoms with Gasteiger partial charge in [0.1, 0.15) is 11.6 Å². The van der Waals surface area contributed by atoms with Crippen molar-refractivity contribution < 1.29 is 19.0 Å². The zero-order chi connectivity index (χ0) is 22.9. The molecule has 0 bridgehead atoms. The third-order valence-corrected chi connectivity index (χ3v) is 6.92. The average molecular weight is 453 g/mol. The predicted octanol–water partition coefficient (Wildman–Crippen LogP) is 3.86.